The fourth-order valence-corrected chi connectivity index (χ4v) is 9.00. The van der Waals surface area contributed by atoms with Crippen molar-refractivity contribution in [3.05, 3.63) is 93.0 Å². The van der Waals surface area contributed by atoms with Crippen LogP contribution in [0.25, 0.3) is 89.7 Å². The minimum Gasteiger partial charge on any atom is -0.462 e. The molecule has 7 aromatic rings. The number of carbonyl (C=O) groups excluding carboxylic acids is 8. The summed E-state index contributed by atoms with van der Waals surface area (Å²) >= 11 is 0. The first-order chi connectivity index (χ1) is 38.6. The van der Waals surface area contributed by atoms with Gasteiger partial charge in [0.05, 0.1) is 97.4 Å². The Morgan fingerprint density at radius 1 is 0.275 bits per heavy atom. The summed E-state index contributed by atoms with van der Waals surface area (Å²) in [6, 6.07) is 10.8. The lowest BCUT2D eigenvalue weighted by Gasteiger charge is -2.11. The van der Waals surface area contributed by atoms with Crippen molar-refractivity contribution in [2.24, 2.45) is 0 Å². The Kier molecular flexibility index (Phi) is 15.7. The van der Waals surface area contributed by atoms with Crippen LogP contribution in [0, 0.1) is 0 Å². The third kappa shape index (κ3) is 10.1. The fraction of sp³-hybridized carbons (Fsp3) is 0.286. The maximum absolute atomic E-state index is 13.7. The molecule has 0 aliphatic carbocycles. The summed E-state index contributed by atoms with van der Waals surface area (Å²) < 4.78 is 43.2. The zero-order valence-corrected chi connectivity index (χ0v) is 44.5. The summed E-state index contributed by atoms with van der Waals surface area (Å²) in [5.74, 6) is -7.46. The highest BCUT2D eigenvalue weighted by Gasteiger charge is 2.32. The lowest BCUT2D eigenvalue weighted by Crippen LogP contribution is -2.14. The molecular weight excluding hydrogens is 1040 g/mol. The molecule has 0 atom stereocenters. The normalized spacial score (nSPS) is 11.3. The maximum atomic E-state index is 13.7. The molecule has 5 heterocycles. The third-order valence-corrected chi connectivity index (χ3v) is 12.3. The number of nitrogens with zero attached hydrogens (tertiary/aromatic N) is 6. The molecule has 9 rings (SSSR count). The second kappa shape index (κ2) is 22.9. The lowest BCUT2D eigenvalue weighted by molar-refractivity contribution is 0.0479. The predicted octanol–water partition coefficient (Wildman–Crippen LogP) is 8.28. The molecule has 0 saturated heterocycles. The van der Waals surface area contributed by atoms with Crippen LogP contribution in [0.4, 0.5) is 0 Å². The molecule has 2 N–H and O–H groups in total. The average molecular weight is 1090 g/mol. The number of fused-ring (bicyclic) bond motifs is 20. The SMILES string of the molecule is CCOC(=O)c1cc2c(cc1C(=O)OCC)-c1nc-2nc2[nH]c(nc3nc(nc4[nH]c(n1)c1cc(C(=O)OCC)c(C(=O)OCC)cc41)-c1cc(C(=O)OCC)c(C(=O)OCC)cc1-3)c1cc(C(=O)OCC)c(C(=O)OCC)cc21. The maximum Gasteiger partial charge on any atom is 0.339 e. The van der Waals surface area contributed by atoms with Crippen LogP contribution in [0.5, 0.6) is 0 Å². The number of aromatic nitrogens is 8. The van der Waals surface area contributed by atoms with E-state index in [1.165, 1.54) is 48.5 Å². The van der Waals surface area contributed by atoms with Gasteiger partial charge in [0.1, 0.15) is 22.6 Å². The number of benzene rings is 4. The molecule has 8 bridgehead atoms. The van der Waals surface area contributed by atoms with E-state index in [4.69, 9.17) is 67.8 Å². The van der Waals surface area contributed by atoms with Crippen LogP contribution in [-0.4, -0.2) is 140 Å². The first kappa shape index (κ1) is 54.8. The fourth-order valence-electron chi connectivity index (χ4n) is 9.00. The largest absolute Gasteiger partial charge is 0.462 e. The summed E-state index contributed by atoms with van der Waals surface area (Å²) in [6.07, 6.45) is 0. The van der Waals surface area contributed by atoms with Crippen LogP contribution >= 0.6 is 0 Å². The number of carbonyl (C=O) groups is 8. The number of esters is 8. The summed E-state index contributed by atoms with van der Waals surface area (Å²) in [7, 11) is 0. The first-order valence-electron chi connectivity index (χ1n) is 25.5. The van der Waals surface area contributed by atoms with Crippen molar-refractivity contribution in [3.8, 4) is 45.6 Å². The molecule has 2 aliphatic rings. The van der Waals surface area contributed by atoms with Crippen LogP contribution in [0.15, 0.2) is 48.5 Å². The van der Waals surface area contributed by atoms with Crippen molar-refractivity contribution in [1.82, 2.24) is 39.9 Å². The molecule has 0 radical (unpaired) electrons. The van der Waals surface area contributed by atoms with Crippen molar-refractivity contribution in [2.45, 2.75) is 55.4 Å². The van der Waals surface area contributed by atoms with Gasteiger partial charge in [-0.15, -0.1) is 0 Å². The van der Waals surface area contributed by atoms with E-state index in [0.717, 1.165) is 0 Å². The van der Waals surface area contributed by atoms with Crippen molar-refractivity contribution < 1.29 is 76.3 Å². The van der Waals surface area contributed by atoms with Gasteiger partial charge in [0.25, 0.3) is 0 Å². The Morgan fingerprint density at radius 3 is 0.600 bits per heavy atom. The Balaban J connectivity index is 1.53. The van der Waals surface area contributed by atoms with Crippen molar-refractivity contribution in [3.63, 3.8) is 0 Å². The Labute approximate surface area is 453 Å². The molecule has 80 heavy (non-hydrogen) atoms. The van der Waals surface area contributed by atoms with Gasteiger partial charge in [-0.2, -0.15) is 0 Å². The highest BCUT2D eigenvalue weighted by Crippen LogP contribution is 2.41. The molecule has 0 spiro atoms. The number of hydrogen-bond donors (Lipinski definition) is 2. The second-order valence-electron chi connectivity index (χ2n) is 17.1. The van der Waals surface area contributed by atoms with Crippen molar-refractivity contribution >= 4 is 91.9 Å². The predicted molar refractivity (Wildman–Crippen MR) is 284 cm³/mol. The van der Waals surface area contributed by atoms with E-state index in [1.807, 2.05) is 0 Å². The van der Waals surface area contributed by atoms with E-state index in [9.17, 15) is 38.4 Å². The first-order valence-corrected chi connectivity index (χ1v) is 25.5. The number of rotatable bonds is 16. The standard InChI is InChI=1S/C56H50N8O16/c1-9-73-49(65)33-17-25-26(18-34(33)50(66)74-10-2)42-57-41(25)61-43-27-19-35(51(67)75-11-3)36(52(68)76-12-4)20-28(27)45(58-43)63-47-31-23-39(55(71)79-15-7)40(56(72)80-16-8)24-32(31)48(60-47)64-46-30-22-38(54(70)78-14-6)37(53(69)77-13-5)21-29(30)44(59-46)62-42/h17-24H,9-16H2,1-8H3,(H2,57,58,59,60,61,62,63,64). The van der Waals surface area contributed by atoms with Crippen LogP contribution in [0.1, 0.15) is 138 Å². The Hall–Kier alpha value is -10.0. The highest BCUT2D eigenvalue weighted by molar-refractivity contribution is 6.16. The van der Waals surface area contributed by atoms with Gasteiger partial charge < -0.3 is 47.9 Å². The molecule has 4 aromatic carbocycles. The molecule has 3 aromatic heterocycles. The number of nitrogens with one attached hydrogen (secondary N) is 2. The summed E-state index contributed by atoms with van der Waals surface area (Å²) in [5, 5.41) is 0.699. The van der Waals surface area contributed by atoms with Gasteiger partial charge in [0.15, 0.2) is 23.3 Å². The van der Waals surface area contributed by atoms with E-state index in [-0.39, 0.29) is 187 Å². The zero-order valence-electron chi connectivity index (χ0n) is 44.5. The minimum absolute atomic E-state index is 0.0272. The van der Waals surface area contributed by atoms with Crippen LogP contribution in [0.3, 0.4) is 0 Å². The molecule has 0 fully saturated rings. The van der Waals surface area contributed by atoms with E-state index >= 15 is 0 Å². The van der Waals surface area contributed by atoms with Crippen molar-refractivity contribution in [2.75, 3.05) is 52.9 Å². The lowest BCUT2D eigenvalue weighted by atomic mass is 9.98. The van der Waals surface area contributed by atoms with Gasteiger partial charge in [-0.1, -0.05) is 0 Å². The second-order valence-corrected chi connectivity index (χ2v) is 17.1. The van der Waals surface area contributed by atoms with E-state index < -0.39 is 47.8 Å². The van der Waals surface area contributed by atoms with Gasteiger partial charge in [-0.05, 0) is 104 Å². The Morgan fingerprint density at radius 2 is 0.438 bits per heavy atom. The molecule has 24 heteroatoms. The van der Waals surface area contributed by atoms with Gasteiger partial charge in [-0.3, -0.25) is 0 Å². The summed E-state index contributed by atoms with van der Waals surface area (Å²) in [5.41, 5.74) is -1.13. The number of hydrogen-bond acceptors (Lipinski definition) is 22. The highest BCUT2D eigenvalue weighted by atomic mass is 16.6. The van der Waals surface area contributed by atoms with E-state index in [2.05, 4.69) is 9.97 Å². The smallest absolute Gasteiger partial charge is 0.339 e. The molecule has 2 aliphatic heterocycles. The van der Waals surface area contributed by atoms with Gasteiger partial charge in [-0.25, -0.2) is 68.3 Å². The molecule has 0 saturated carbocycles. The number of ether oxygens (including phenoxy) is 8. The van der Waals surface area contributed by atoms with Crippen LogP contribution in [0.2, 0.25) is 0 Å². The van der Waals surface area contributed by atoms with Crippen molar-refractivity contribution in [1.29, 1.82) is 0 Å². The summed E-state index contributed by atoms with van der Waals surface area (Å²) in [6.45, 7) is 12.3. The number of H-pyrrole nitrogens is 2. The topological polar surface area (TPSA) is 319 Å². The molecule has 24 nitrogen and oxygen atoms in total. The van der Waals surface area contributed by atoms with Gasteiger partial charge in [0, 0.05) is 43.8 Å². The summed E-state index contributed by atoms with van der Waals surface area (Å²) in [4.78, 5) is 146. The van der Waals surface area contributed by atoms with E-state index in [0.29, 0.717) is 0 Å². The average Bonchev–Trinajstić information content (AvgIpc) is 4.27. The molecular formula is C56H50N8O16. The zero-order chi connectivity index (χ0) is 57.1. The Bertz CT molecular complexity index is 3480. The third-order valence-electron chi connectivity index (χ3n) is 12.3. The number of aromatic amines is 2. The van der Waals surface area contributed by atoms with E-state index in [1.54, 1.807) is 55.4 Å². The van der Waals surface area contributed by atoms with Crippen LogP contribution < -0.4 is 0 Å². The molecule has 410 valence electrons. The van der Waals surface area contributed by atoms with Gasteiger partial charge >= 0.3 is 47.8 Å². The molecule has 0 amide bonds. The monoisotopic (exact) mass is 1090 g/mol. The quantitative estimate of drug-likeness (QED) is 0.0678. The van der Waals surface area contributed by atoms with Crippen LogP contribution in [-0.2, 0) is 37.9 Å². The van der Waals surface area contributed by atoms with Gasteiger partial charge in [0.2, 0.25) is 0 Å². The minimum atomic E-state index is -0.877. The molecule has 0 unspecified atom stereocenters.